The normalized spacial score (nSPS) is 16.4. The van der Waals surface area contributed by atoms with Crippen LogP contribution in [-0.4, -0.2) is 35.6 Å². The number of amides is 1. The third kappa shape index (κ3) is 2.37. The summed E-state index contributed by atoms with van der Waals surface area (Å²) in [5.74, 6) is 0.471. The standard InChI is InChI=1S/C18H15Cl2NO3/c19-14-7-11(15-2-1-5-24-15)17-12(18(14)20)6-10-3-4-21(8-13(10)17)16(23)9-22/h1-2,5,7,22H,3-4,6,8-9H2. The van der Waals surface area contributed by atoms with Crippen molar-refractivity contribution in [2.24, 2.45) is 0 Å². The Hall–Kier alpha value is -1.75. The van der Waals surface area contributed by atoms with Crippen LogP contribution in [0.25, 0.3) is 16.9 Å². The van der Waals surface area contributed by atoms with Crippen molar-refractivity contribution in [3.63, 3.8) is 0 Å². The van der Waals surface area contributed by atoms with Gasteiger partial charge in [-0.15, -0.1) is 0 Å². The lowest BCUT2D eigenvalue weighted by Gasteiger charge is -2.28. The van der Waals surface area contributed by atoms with Crippen molar-refractivity contribution in [1.82, 2.24) is 4.90 Å². The molecule has 0 fully saturated rings. The fourth-order valence-corrected chi connectivity index (χ4v) is 4.03. The highest BCUT2D eigenvalue weighted by Gasteiger charge is 2.33. The summed E-state index contributed by atoms with van der Waals surface area (Å²) in [6, 6.07) is 5.54. The first kappa shape index (κ1) is 15.8. The van der Waals surface area contributed by atoms with Crippen molar-refractivity contribution in [3.05, 3.63) is 51.2 Å². The smallest absolute Gasteiger partial charge is 0.248 e. The van der Waals surface area contributed by atoms with E-state index in [4.69, 9.17) is 32.7 Å². The first-order valence-corrected chi connectivity index (χ1v) is 8.50. The maximum Gasteiger partial charge on any atom is 0.248 e. The molecular formula is C18H15Cl2NO3. The lowest BCUT2D eigenvalue weighted by atomic mass is 9.95. The Kier molecular flexibility index (Phi) is 3.91. The lowest BCUT2D eigenvalue weighted by Crippen LogP contribution is -2.37. The van der Waals surface area contributed by atoms with Gasteiger partial charge in [0.2, 0.25) is 5.91 Å². The van der Waals surface area contributed by atoms with Crippen molar-refractivity contribution in [2.45, 2.75) is 12.8 Å². The molecular weight excluding hydrogens is 349 g/mol. The molecule has 4 nitrogen and oxygen atoms in total. The van der Waals surface area contributed by atoms with Crippen molar-refractivity contribution in [1.29, 1.82) is 0 Å². The molecule has 4 rings (SSSR count). The molecule has 0 unspecified atom stereocenters. The van der Waals surface area contributed by atoms with Crippen LogP contribution in [0, 0.1) is 0 Å². The van der Waals surface area contributed by atoms with E-state index in [-0.39, 0.29) is 5.91 Å². The van der Waals surface area contributed by atoms with Gasteiger partial charge >= 0.3 is 0 Å². The van der Waals surface area contributed by atoms with Crippen LogP contribution < -0.4 is 0 Å². The van der Waals surface area contributed by atoms with E-state index in [9.17, 15) is 4.79 Å². The predicted octanol–water partition coefficient (Wildman–Crippen LogP) is 3.79. The minimum Gasteiger partial charge on any atom is -0.464 e. The fourth-order valence-electron chi connectivity index (χ4n) is 3.60. The van der Waals surface area contributed by atoms with E-state index in [0.29, 0.717) is 23.1 Å². The summed E-state index contributed by atoms with van der Waals surface area (Å²) in [6.07, 6.45) is 3.15. The molecule has 6 heteroatoms. The van der Waals surface area contributed by atoms with E-state index >= 15 is 0 Å². The molecule has 2 aliphatic rings. The van der Waals surface area contributed by atoms with Crippen molar-refractivity contribution in [2.75, 3.05) is 19.7 Å². The second kappa shape index (κ2) is 5.96. The average molecular weight is 364 g/mol. The number of carbonyl (C=O) groups excluding carboxylic acids is 1. The summed E-state index contributed by atoms with van der Waals surface area (Å²) in [5, 5.41) is 10.2. The third-order valence-electron chi connectivity index (χ3n) is 4.74. The van der Waals surface area contributed by atoms with Gasteiger partial charge in [-0.1, -0.05) is 28.8 Å². The summed E-state index contributed by atoms with van der Waals surface area (Å²) >= 11 is 12.8. The van der Waals surface area contributed by atoms with Crippen LogP contribution in [0.1, 0.15) is 17.5 Å². The maximum absolute atomic E-state index is 11.9. The van der Waals surface area contributed by atoms with Crippen LogP contribution in [0.4, 0.5) is 0 Å². The molecule has 0 saturated heterocycles. The summed E-state index contributed by atoms with van der Waals surface area (Å²) in [5.41, 5.74) is 5.29. The Morgan fingerprint density at radius 2 is 2.21 bits per heavy atom. The molecule has 1 aromatic carbocycles. The molecule has 2 heterocycles. The molecule has 1 amide bonds. The van der Waals surface area contributed by atoms with Gasteiger partial charge in [-0.05, 0) is 47.7 Å². The molecule has 1 aromatic heterocycles. The van der Waals surface area contributed by atoms with E-state index in [1.54, 1.807) is 11.2 Å². The van der Waals surface area contributed by atoms with Crippen LogP contribution in [0.2, 0.25) is 10.0 Å². The van der Waals surface area contributed by atoms with E-state index in [1.165, 1.54) is 5.57 Å². The predicted molar refractivity (Wildman–Crippen MR) is 93.1 cm³/mol. The van der Waals surface area contributed by atoms with Crippen LogP contribution in [-0.2, 0) is 11.2 Å². The van der Waals surface area contributed by atoms with Gasteiger partial charge in [0.25, 0.3) is 0 Å². The van der Waals surface area contributed by atoms with Gasteiger partial charge in [0, 0.05) is 18.7 Å². The van der Waals surface area contributed by atoms with E-state index in [1.807, 2.05) is 18.2 Å². The van der Waals surface area contributed by atoms with Gasteiger partial charge in [0.1, 0.15) is 12.4 Å². The molecule has 24 heavy (non-hydrogen) atoms. The third-order valence-corrected chi connectivity index (χ3v) is 5.57. The van der Waals surface area contributed by atoms with Crippen LogP contribution in [0.15, 0.2) is 34.5 Å². The van der Waals surface area contributed by atoms with E-state index in [2.05, 4.69) is 0 Å². The monoisotopic (exact) mass is 363 g/mol. The number of rotatable bonds is 2. The summed E-state index contributed by atoms with van der Waals surface area (Å²) in [6.45, 7) is 0.628. The Morgan fingerprint density at radius 3 is 2.92 bits per heavy atom. The SMILES string of the molecule is O=C(CO)N1CCC2=C(C1)c1c(-c3ccco3)cc(Cl)c(Cl)c1C2. The summed E-state index contributed by atoms with van der Waals surface area (Å²) in [7, 11) is 0. The average Bonchev–Trinajstić information content (AvgIpc) is 3.24. The molecule has 1 N–H and O–H groups in total. The van der Waals surface area contributed by atoms with Crippen molar-refractivity contribution in [3.8, 4) is 11.3 Å². The molecule has 0 spiro atoms. The maximum atomic E-state index is 11.9. The zero-order chi connectivity index (χ0) is 16.8. The first-order valence-electron chi connectivity index (χ1n) is 7.74. The number of halogens is 2. The number of nitrogens with zero attached hydrogens (tertiary/aromatic N) is 1. The molecule has 0 atom stereocenters. The van der Waals surface area contributed by atoms with Gasteiger partial charge in [0.15, 0.2) is 0 Å². The Labute approximate surface area is 149 Å². The summed E-state index contributed by atoms with van der Waals surface area (Å²) in [4.78, 5) is 13.6. The van der Waals surface area contributed by atoms with Gasteiger partial charge in [-0.3, -0.25) is 4.79 Å². The second-order valence-corrected chi connectivity index (χ2v) is 6.82. The molecule has 0 saturated carbocycles. The molecule has 2 aromatic rings. The second-order valence-electron chi connectivity index (χ2n) is 6.03. The Balaban J connectivity index is 1.86. The van der Waals surface area contributed by atoms with Crippen molar-refractivity contribution < 1.29 is 14.3 Å². The van der Waals surface area contributed by atoms with Gasteiger partial charge in [0.05, 0.1) is 16.3 Å². The highest BCUT2D eigenvalue weighted by atomic mass is 35.5. The molecule has 0 radical (unpaired) electrons. The fraction of sp³-hybridized carbons (Fsp3) is 0.278. The zero-order valence-corrected chi connectivity index (χ0v) is 14.3. The largest absolute Gasteiger partial charge is 0.464 e. The number of hydrogen-bond donors (Lipinski definition) is 1. The number of furan rings is 1. The highest BCUT2D eigenvalue weighted by molar-refractivity contribution is 6.43. The number of carbonyl (C=O) groups is 1. The molecule has 1 aliphatic heterocycles. The van der Waals surface area contributed by atoms with Crippen LogP contribution >= 0.6 is 23.2 Å². The quantitative estimate of drug-likeness (QED) is 0.882. The van der Waals surface area contributed by atoms with Crippen LogP contribution in [0.3, 0.4) is 0 Å². The number of hydrogen-bond acceptors (Lipinski definition) is 3. The molecule has 124 valence electrons. The van der Waals surface area contributed by atoms with E-state index < -0.39 is 6.61 Å². The zero-order valence-electron chi connectivity index (χ0n) is 12.8. The highest BCUT2D eigenvalue weighted by Crippen LogP contribution is 2.47. The number of aliphatic hydroxyl groups excluding tert-OH is 1. The number of fused-ring (bicyclic) bond motifs is 2. The van der Waals surface area contributed by atoms with E-state index in [0.717, 1.165) is 40.9 Å². The van der Waals surface area contributed by atoms with Gasteiger partial charge < -0.3 is 14.4 Å². The first-order chi connectivity index (χ1) is 11.6. The van der Waals surface area contributed by atoms with Gasteiger partial charge in [-0.25, -0.2) is 0 Å². The minimum absolute atomic E-state index is 0.255. The van der Waals surface area contributed by atoms with Crippen LogP contribution in [0.5, 0.6) is 0 Å². The summed E-state index contributed by atoms with van der Waals surface area (Å²) < 4.78 is 5.57. The number of benzene rings is 1. The lowest BCUT2D eigenvalue weighted by molar-refractivity contribution is -0.133. The minimum atomic E-state index is -0.470. The van der Waals surface area contributed by atoms with Crippen molar-refractivity contribution >= 4 is 34.7 Å². The topological polar surface area (TPSA) is 53.7 Å². The van der Waals surface area contributed by atoms with Gasteiger partial charge in [-0.2, -0.15) is 0 Å². The molecule has 0 bridgehead atoms. The Bertz CT molecular complexity index is 856. The molecule has 1 aliphatic carbocycles. The Morgan fingerprint density at radius 1 is 1.38 bits per heavy atom. The number of aliphatic hydroxyl groups is 1.